The van der Waals surface area contributed by atoms with Gasteiger partial charge in [-0.15, -0.1) is 0 Å². The molecule has 9 heteroatoms. The van der Waals surface area contributed by atoms with Crippen LogP contribution in [0.5, 0.6) is 0 Å². The number of carbonyl (C=O) groups is 1. The minimum absolute atomic E-state index is 0.0352. The van der Waals surface area contributed by atoms with Crippen molar-refractivity contribution in [1.82, 2.24) is 9.97 Å². The van der Waals surface area contributed by atoms with E-state index in [1.165, 1.54) is 18.2 Å². The molecule has 2 N–H and O–H groups in total. The summed E-state index contributed by atoms with van der Waals surface area (Å²) in [6.45, 7) is 0. The summed E-state index contributed by atoms with van der Waals surface area (Å²) < 4.78 is 37.9. The van der Waals surface area contributed by atoms with Crippen LogP contribution in [-0.2, 0) is 6.18 Å². The smallest absolute Gasteiger partial charge is 0.433 e. The minimum Gasteiger partial charge on any atom is -0.478 e. The first-order valence-corrected chi connectivity index (χ1v) is 6.27. The third-order valence-electron chi connectivity index (χ3n) is 2.40. The molecule has 0 saturated heterocycles. The van der Waals surface area contributed by atoms with E-state index in [0.717, 1.165) is 12.3 Å². The zero-order valence-corrected chi connectivity index (χ0v) is 11.7. The second kappa shape index (κ2) is 5.68. The molecule has 5 nitrogen and oxygen atoms in total. The van der Waals surface area contributed by atoms with Crippen LogP contribution < -0.4 is 5.32 Å². The maximum absolute atomic E-state index is 12.5. The number of carboxylic acid groups (broad SMARTS) is 1. The van der Waals surface area contributed by atoms with Crippen LogP contribution in [0.3, 0.4) is 0 Å². The number of nitrogens with one attached hydrogen (secondary N) is 1. The van der Waals surface area contributed by atoms with Crippen molar-refractivity contribution in [3.05, 3.63) is 46.2 Å². The number of rotatable bonds is 3. The molecule has 1 aromatic carbocycles. The molecular weight excluding hydrogens is 355 g/mol. The highest BCUT2D eigenvalue weighted by Crippen LogP contribution is 2.28. The van der Waals surface area contributed by atoms with Gasteiger partial charge in [0, 0.05) is 16.4 Å². The fourth-order valence-corrected chi connectivity index (χ4v) is 1.89. The van der Waals surface area contributed by atoms with Crippen molar-refractivity contribution in [3.63, 3.8) is 0 Å². The van der Waals surface area contributed by atoms with Crippen molar-refractivity contribution in [2.24, 2.45) is 0 Å². The number of benzene rings is 1. The van der Waals surface area contributed by atoms with Crippen LogP contribution in [0.1, 0.15) is 16.1 Å². The van der Waals surface area contributed by atoms with E-state index >= 15 is 0 Å². The van der Waals surface area contributed by atoms with Gasteiger partial charge >= 0.3 is 12.1 Å². The molecule has 0 amide bonds. The Morgan fingerprint density at radius 1 is 1.29 bits per heavy atom. The average Bonchev–Trinajstić information content (AvgIpc) is 2.40. The van der Waals surface area contributed by atoms with Gasteiger partial charge in [0.1, 0.15) is 5.69 Å². The first-order chi connectivity index (χ1) is 9.77. The Morgan fingerprint density at radius 3 is 2.62 bits per heavy atom. The molecule has 0 aliphatic rings. The third kappa shape index (κ3) is 3.69. The molecule has 1 aromatic heterocycles. The largest absolute Gasteiger partial charge is 0.478 e. The molecule has 0 aliphatic heterocycles. The third-order valence-corrected chi connectivity index (χ3v) is 3.09. The fourth-order valence-electron chi connectivity index (χ4n) is 1.47. The number of carboxylic acids is 1. The molecule has 1 heterocycles. The Kier molecular flexibility index (Phi) is 4.12. The van der Waals surface area contributed by atoms with E-state index in [2.05, 4.69) is 31.2 Å². The van der Waals surface area contributed by atoms with E-state index in [1.807, 2.05) is 0 Å². The summed E-state index contributed by atoms with van der Waals surface area (Å²) in [6.07, 6.45) is -3.61. The van der Waals surface area contributed by atoms with Gasteiger partial charge in [-0.3, -0.25) is 0 Å². The van der Waals surface area contributed by atoms with Crippen molar-refractivity contribution in [2.45, 2.75) is 6.18 Å². The first kappa shape index (κ1) is 15.2. The summed E-state index contributed by atoms with van der Waals surface area (Å²) in [6, 6.07) is 4.95. The van der Waals surface area contributed by atoms with Crippen molar-refractivity contribution in [2.75, 3.05) is 5.32 Å². The standard InChI is InChI=1S/C12H7BrF3N3O2/c13-8-2-1-6(5-7(8)10(20)21)18-11-17-4-3-9(19-11)12(14,15)16/h1-5H,(H,20,21)(H,17,18,19). The fraction of sp³-hybridized carbons (Fsp3) is 0.0833. The molecule has 2 rings (SSSR count). The molecule has 0 bridgehead atoms. The maximum atomic E-state index is 12.5. The Hall–Kier alpha value is -2.16. The number of hydrogen-bond donors (Lipinski definition) is 2. The predicted molar refractivity (Wildman–Crippen MR) is 71.4 cm³/mol. The normalized spacial score (nSPS) is 11.2. The highest BCUT2D eigenvalue weighted by Gasteiger charge is 2.32. The summed E-state index contributed by atoms with van der Waals surface area (Å²) in [5, 5.41) is 11.5. The highest BCUT2D eigenvalue weighted by atomic mass is 79.9. The van der Waals surface area contributed by atoms with Crippen LogP contribution >= 0.6 is 15.9 Å². The number of hydrogen-bond acceptors (Lipinski definition) is 4. The van der Waals surface area contributed by atoms with Gasteiger partial charge in [0.2, 0.25) is 5.95 Å². The van der Waals surface area contributed by atoms with Crippen LogP contribution in [0.15, 0.2) is 34.9 Å². The van der Waals surface area contributed by atoms with Crippen LogP contribution in [0.25, 0.3) is 0 Å². The Bertz CT molecular complexity index is 692. The average molecular weight is 362 g/mol. The topological polar surface area (TPSA) is 75.1 Å². The van der Waals surface area contributed by atoms with Crippen molar-refractivity contribution in [1.29, 1.82) is 0 Å². The molecule has 0 unspecified atom stereocenters. The molecule has 0 spiro atoms. The summed E-state index contributed by atoms with van der Waals surface area (Å²) >= 11 is 3.07. The van der Waals surface area contributed by atoms with Crippen molar-refractivity contribution in [3.8, 4) is 0 Å². The van der Waals surface area contributed by atoms with E-state index < -0.39 is 17.8 Å². The lowest BCUT2D eigenvalue weighted by Gasteiger charge is -2.09. The van der Waals surface area contributed by atoms with Gasteiger partial charge in [-0.25, -0.2) is 14.8 Å². The lowest BCUT2D eigenvalue weighted by molar-refractivity contribution is -0.141. The Morgan fingerprint density at radius 2 is 2.00 bits per heavy atom. The monoisotopic (exact) mass is 361 g/mol. The van der Waals surface area contributed by atoms with Crippen molar-refractivity contribution >= 4 is 33.5 Å². The minimum atomic E-state index is -4.58. The Labute approximate surface area is 125 Å². The SMILES string of the molecule is O=C(O)c1cc(Nc2nccc(C(F)(F)F)n2)ccc1Br. The zero-order chi connectivity index (χ0) is 15.6. The number of aromatic carboxylic acids is 1. The van der Waals surface area contributed by atoms with Gasteiger partial charge in [-0.1, -0.05) is 0 Å². The molecule has 21 heavy (non-hydrogen) atoms. The van der Waals surface area contributed by atoms with Gasteiger partial charge in [-0.2, -0.15) is 13.2 Å². The van der Waals surface area contributed by atoms with Crippen LogP contribution in [-0.4, -0.2) is 21.0 Å². The number of halogens is 4. The summed E-state index contributed by atoms with van der Waals surface area (Å²) in [5.74, 6) is -1.45. The van der Waals surface area contributed by atoms with Gasteiger partial charge in [0.05, 0.1) is 5.56 Å². The van der Waals surface area contributed by atoms with E-state index in [1.54, 1.807) is 0 Å². The lowest BCUT2D eigenvalue weighted by atomic mass is 10.2. The number of nitrogens with zero attached hydrogens (tertiary/aromatic N) is 2. The summed E-state index contributed by atoms with van der Waals surface area (Å²) in [5.41, 5.74) is -0.863. The quantitative estimate of drug-likeness (QED) is 0.871. The second-order valence-corrected chi connectivity index (χ2v) is 4.74. The summed E-state index contributed by atoms with van der Waals surface area (Å²) in [4.78, 5) is 18.0. The number of alkyl halides is 3. The van der Waals surface area contributed by atoms with E-state index in [9.17, 15) is 18.0 Å². The molecular formula is C12H7BrF3N3O2. The molecule has 2 aromatic rings. The molecule has 0 saturated carbocycles. The zero-order valence-electron chi connectivity index (χ0n) is 10.1. The summed E-state index contributed by atoms with van der Waals surface area (Å²) in [7, 11) is 0. The van der Waals surface area contributed by atoms with Crippen LogP contribution in [0.4, 0.5) is 24.8 Å². The molecule has 0 radical (unpaired) electrons. The predicted octanol–water partition coefficient (Wildman–Crippen LogP) is 3.70. The van der Waals surface area contributed by atoms with Gasteiger partial charge in [0.15, 0.2) is 0 Å². The first-order valence-electron chi connectivity index (χ1n) is 5.47. The highest BCUT2D eigenvalue weighted by molar-refractivity contribution is 9.10. The van der Waals surface area contributed by atoms with Gasteiger partial charge in [-0.05, 0) is 40.2 Å². The number of anilines is 2. The van der Waals surface area contributed by atoms with E-state index in [-0.39, 0.29) is 17.2 Å². The van der Waals surface area contributed by atoms with E-state index in [4.69, 9.17) is 5.11 Å². The van der Waals surface area contributed by atoms with Crippen LogP contribution in [0.2, 0.25) is 0 Å². The second-order valence-electron chi connectivity index (χ2n) is 3.89. The number of aromatic nitrogens is 2. The molecule has 0 aliphatic carbocycles. The molecule has 110 valence electrons. The van der Waals surface area contributed by atoms with Crippen LogP contribution in [0, 0.1) is 0 Å². The maximum Gasteiger partial charge on any atom is 0.433 e. The molecule has 0 atom stereocenters. The lowest BCUT2D eigenvalue weighted by Crippen LogP contribution is -2.10. The van der Waals surface area contributed by atoms with Crippen molar-refractivity contribution < 1.29 is 23.1 Å². The Balaban J connectivity index is 2.31. The van der Waals surface area contributed by atoms with Gasteiger partial charge in [0.25, 0.3) is 0 Å². The van der Waals surface area contributed by atoms with Gasteiger partial charge < -0.3 is 10.4 Å². The molecule has 0 fully saturated rings. The van der Waals surface area contributed by atoms with E-state index in [0.29, 0.717) is 4.47 Å².